The maximum Gasteiger partial charge on any atom is 0.214 e. The van der Waals surface area contributed by atoms with E-state index >= 15 is 0 Å². The highest BCUT2D eigenvalue weighted by Crippen LogP contribution is 2.53. The van der Waals surface area contributed by atoms with Gasteiger partial charge in [0.2, 0.25) is 23.1 Å². The molecule has 25 heavy (non-hydrogen) atoms. The van der Waals surface area contributed by atoms with Gasteiger partial charge in [0.1, 0.15) is 5.92 Å². The fourth-order valence-corrected chi connectivity index (χ4v) is 3.83. The minimum absolute atomic E-state index is 0.0629. The Morgan fingerprint density at radius 2 is 1.08 bits per heavy atom. The fraction of sp³-hybridized carbons (Fsp3) is 0.238. The van der Waals surface area contributed by atoms with E-state index in [1.54, 1.807) is 30.3 Å². The van der Waals surface area contributed by atoms with E-state index in [4.69, 9.17) is 0 Å². The molecule has 0 N–H and O–H groups in total. The number of hydrogen-bond donors (Lipinski definition) is 0. The molecule has 4 nitrogen and oxygen atoms in total. The van der Waals surface area contributed by atoms with Crippen molar-refractivity contribution in [2.24, 2.45) is 11.8 Å². The summed E-state index contributed by atoms with van der Waals surface area (Å²) in [6.07, 6.45) is 0.655. The summed E-state index contributed by atoms with van der Waals surface area (Å²) in [5.41, 5.74) is 1.45. The molecule has 2 aliphatic carbocycles. The Morgan fingerprint density at radius 1 is 0.600 bits per heavy atom. The molecule has 2 aromatic rings. The third-order valence-electron chi connectivity index (χ3n) is 5.20. The summed E-state index contributed by atoms with van der Waals surface area (Å²) < 4.78 is 0. The molecule has 2 unspecified atom stereocenters. The predicted molar refractivity (Wildman–Crippen MR) is 90.0 cm³/mol. The van der Waals surface area contributed by atoms with Crippen LogP contribution in [-0.2, 0) is 19.2 Å². The van der Waals surface area contributed by atoms with Crippen LogP contribution in [-0.4, -0.2) is 23.1 Å². The van der Waals surface area contributed by atoms with Crippen molar-refractivity contribution in [3.05, 3.63) is 71.8 Å². The average Bonchev–Trinajstić information content (AvgIpc) is 3.43. The summed E-state index contributed by atoms with van der Waals surface area (Å²) in [7, 11) is 0. The van der Waals surface area contributed by atoms with E-state index in [0.29, 0.717) is 12.0 Å². The highest BCUT2D eigenvalue weighted by atomic mass is 16.2. The SMILES string of the molecule is O=C1C(=O)C(C2CC2c2ccccc2)C(=O)C(=O)C1c1ccccc1. The molecule has 4 heteroatoms. The van der Waals surface area contributed by atoms with E-state index in [1.807, 2.05) is 30.3 Å². The smallest absolute Gasteiger partial charge is 0.214 e. The first-order chi connectivity index (χ1) is 12.1. The van der Waals surface area contributed by atoms with Crippen LogP contribution in [0.15, 0.2) is 60.7 Å². The number of carbonyl (C=O) groups is 4. The first-order valence-electron chi connectivity index (χ1n) is 8.35. The van der Waals surface area contributed by atoms with Crippen LogP contribution in [0, 0.1) is 11.8 Å². The van der Waals surface area contributed by atoms with Gasteiger partial charge in [-0.3, -0.25) is 19.2 Å². The molecule has 0 heterocycles. The van der Waals surface area contributed by atoms with Crippen LogP contribution in [0.2, 0.25) is 0 Å². The normalized spacial score (nSPS) is 29.0. The van der Waals surface area contributed by atoms with Crippen LogP contribution in [0.5, 0.6) is 0 Å². The van der Waals surface area contributed by atoms with Crippen LogP contribution >= 0.6 is 0 Å². The molecule has 2 atom stereocenters. The van der Waals surface area contributed by atoms with Crippen molar-refractivity contribution < 1.29 is 19.2 Å². The molecule has 0 bridgehead atoms. The van der Waals surface area contributed by atoms with Gasteiger partial charge >= 0.3 is 0 Å². The Kier molecular flexibility index (Phi) is 3.68. The lowest BCUT2D eigenvalue weighted by molar-refractivity contribution is -0.153. The van der Waals surface area contributed by atoms with E-state index in [1.165, 1.54) is 0 Å². The molecule has 0 amide bonds. The third-order valence-corrected chi connectivity index (χ3v) is 5.20. The molecular formula is C21H16O4. The summed E-state index contributed by atoms with van der Waals surface area (Å²) in [5.74, 6) is -5.47. The third kappa shape index (κ3) is 2.54. The van der Waals surface area contributed by atoms with Gasteiger partial charge in [-0.2, -0.15) is 0 Å². The summed E-state index contributed by atoms with van der Waals surface area (Å²) in [4.78, 5) is 50.3. The van der Waals surface area contributed by atoms with E-state index < -0.39 is 35.0 Å². The number of benzene rings is 2. The van der Waals surface area contributed by atoms with Crippen molar-refractivity contribution >= 4 is 23.1 Å². The highest BCUT2D eigenvalue weighted by molar-refractivity contribution is 6.62. The zero-order chi connectivity index (χ0) is 17.6. The van der Waals surface area contributed by atoms with Gasteiger partial charge in [-0.1, -0.05) is 60.7 Å². The topological polar surface area (TPSA) is 68.3 Å². The van der Waals surface area contributed by atoms with E-state index in [0.717, 1.165) is 5.56 Å². The maximum absolute atomic E-state index is 12.6. The Labute approximate surface area is 144 Å². The zero-order valence-electron chi connectivity index (χ0n) is 13.4. The average molecular weight is 332 g/mol. The Bertz CT molecular complexity index is 841. The Morgan fingerprint density at radius 3 is 1.60 bits per heavy atom. The highest BCUT2D eigenvalue weighted by Gasteiger charge is 2.57. The first-order valence-corrected chi connectivity index (χ1v) is 8.35. The Balaban J connectivity index is 1.61. The molecule has 2 saturated carbocycles. The number of ketones is 4. The number of hydrogen-bond acceptors (Lipinski definition) is 4. The molecule has 2 aromatic carbocycles. The summed E-state index contributed by atoms with van der Waals surface area (Å²) in [6, 6.07) is 17.9. The lowest BCUT2D eigenvalue weighted by Gasteiger charge is -2.24. The van der Waals surface area contributed by atoms with Gasteiger partial charge < -0.3 is 0 Å². The van der Waals surface area contributed by atoms with Gasteiger partial charge in [0, 0.05) is 0 Å². The van der Waals surface area contributed by atoms with Crippen molar-refractivity contribution in [1.82, 2.24) is 0 Å². The van der Waals surface area contributed by atoms with Gasteiger partial charge in [0.15, 0.2) is 0 Å². The van der Waals surface area contributed by atoms with Crippen LogP contribution in [0.1, 0.15) is 29.4 Å². The lowest BCUT2D eigenvalue weighted by Crippen LogP contribution is -2.48. The largest absolute Gasteiger partial charge is 0.290 e. The van der Waals surface area contributed by atoms with E-state index in [2.05, 4.69) is 0 Å². The number of rotatable bonds is 3. The quantitative estimate of drug-likeness (QED) is 0.640. The van der Waals surface area contributed by atoms with Crippen molar-refractivity contribution in [2.45, 2.75) is 18.3 Å². The molecule has 0 aromatic heterocycles. The second-order valence-corrected chi connectivity index (χ2v) is 6.70. The number of carbonyl (C=O) groups excluding carboxylic acids is 4. The van der Waals surface area contributed by atoms with E-state index in [-0.39, 0.29) is 11.8 Å². The summed E-state index contributed by atoms with van der Waals surface area (Å²) in [6.45, 7) is 0. The van der Waals surface area contributed by atoms with Crippen LogP contribution < -0.4 is 0 Å². The monoisotopic (exact) mass is 332 g/mol. The van der Waals surface area contributed by atoms with Gasteiger partial charge in [-0.25, -0.2) is 0 Å². The molecule has 4 rings (SSSR count). The van der Waals surface area contributed by atoms with Gasteiger partial charge in [0.05, 0.1) is 5.92 Å². The second kappa shape index (κ2) is 5.88. The van der Waals surface area contributed by atoms with Gasteiger partial charge in [-0.05, 0) is 29.4 Å². The van der Waals surface area contributed by atoms with Crippen molar-refractivity contribution in [3.63, 3.8) is 0 Å². The lowest BCUT2D eigenvalue weighted by atomic mass is 9.73. The maximum atomic E-state index is 12.6. The summed E-state index contributed by atoms with van der Waals surface area (Å²) in [5, 5.41) is 0. The van der Waals surface area contributed by atoms with Crippen LogP contribution in [0.25, 0.3) is 0 Å². The van der Waals surface area contributed by atoms with Crippen LogP contribution in [0.3, 0.4) is 0 Å². The van der Waals surface area contributed by atoms with Crippen molar-refractivity contribution in [2.75, 3.05) is 0 Å². The molecule has 2 fully saturated rings. The molecule has 0 spiro atoms. The minimum Gasteiger partial charge on any atom is -0.290 e. The van der Waals surface area contributed by atoms with Crippen molar-refractivity contribution in [3.8, 4) is 0 Å². The van der Waals surface area contributed by atoms with Gasteiger partial charge in [0.25, 0.3) is 0 Å². The molecule has 0 aliphatic heterocycles. The van der Waals surface area contributed by atoms with E-state index in [9.17, 15) is 19.2 Å². The zero-order valence-corrected chi connectivity index (χ0v) is 13.4. The fourth-order valence-electron chi connectivity index (χ4n) is 3.83. The molecular weight excluding hydrogens is 316 g/mol. The second-order valence-electron chi connectivity index (χ2n) is 6.70. The first kappa shape index (κ1) is 15.6. The molecule has 0 saturated heterocycles. The van der Waals surface area contributed by atoms with Gasteiger partial charge in [-0.15, -0.1) is 0 Å². The van der Waals surface area contributed by atoms with Crippen LogP contribution in [0.4, 0.5) is 0 Å². The standard InChI is InChI=1S/C21H16O4/c22-18-16(13-9-5-2-6-10-13)19(23)21(25)17(20(18)24)15-11-14(15)12-7-3-1-4-8-12/h1-10,14-17H,11H2. The Hall–Kier alpha value is -2.88. The molecule has 124 valence electrons. The molecule has 2 aliphatic rings. The number of Topliss-reactive ketones (excluding diaryl/α,β-unsaturated/α-hetero) is 4. The predicted octanol–water partition coefficient (Wildman–Crippen LogP) is 2.48. The van der Waals surface area contributed by atoms with Crippen molar-refractivity contribution in [1.29, 1.82) is 0 Å². The molecule has 0 radical (unpaired) electrons. The summed E-state index contributed by atoms with van der Waals surface area (Å²) >= 11 is 0. The minimum atomic E-state index is -1.27.